The van der Waals surface area contributed by atoms with Crippen molar-refractivity contribution in [3.63, 3.8) is 0 Å². The molecule has 3 nitrogen and oxygen atoms in total. The molecule has 0 bridgehead atoms. The van der Waals surface area contributed by atoms with Crippen LogP contribution in [0.1, 0.15) is 47.0 Å². The van der Waals surface area contributed by atoms with Gasteiger partial charge < -0.3 is 4.74 Å². The van der Waals surface area contributed by atoms with Crippen molar-refractivity contribution in [3.8, 4) is 0 Å². The number of esters is 1. The SMILES string of the molecule is COC(=O)CSC(CC(C)=O)C1C(C)=CCCC1(C)C. The molecule has 2 unspecified atom stereocenters. The summed E-state index contributed by atoms with van der Waals surface area (Å²) in [6, 6.07) is 0. The van der Waals surface area contributed by atoms with Crippen LogP contribution in [0.25, 0.3) is 0 Å². The molecule has 2 atom stereocenters. The first-order chi connectivity index (χ1) is 9.27. The Morgan fingerprint density at radius 2 is 2.15 bits per heavy atom. The highest BCUT2D eigenvalue weighted by Crippen LogP contribution is 2.46. The molecule has 0 heterocycles. The smallest absolute Gasteiger partial charge is 0.315 e. The number of ether oxygens (including phenoxy) is 1. The fourth-order valence-corrected chi connectivity index (χ4v) is 4.75. The van der Waals surface area contributed by atoms with E-state index in [1.165, 1.54) is 12.7 Å². The maximum Gasteiger partial charge on any atom is 0.315 e. The van der Waals surface area contributed by atoms with E-state index in [1.807, 2.05) is 0 Å². The molecular weight excluding hydrogens is 272 g/mol. The second-order valence-corrected chi connectivity index (χ2v) is 7.51. The van der Waals surface area contributed by atoms with Gasteiger partial charge in [0.05, 0.1) is 12.9 Å². The number of methoxy groups -OCH3 is 1. The van der Waals surface area contributed by atoms with Crippen molar-refractivity contribution in [1.82, 2.24) is 0 Å². The molecule has 1 rings (SSSR count). The molecule has 0 amide bonds. The summed E-state index contributed by atoms with van der Waals surface area (Å²) in [5, 5.41) is 0.151. The van der Waals surface area contributed by atoms with Crippen molar-refractivity contribution < 1.29 is 14.3 Å². The molecule has 0 fully saturated rings. The van der Waals surface area contributed by atoms with Gasteiger partial charge in [-0.2, -0.15) is 0 Å². The van der Waals surface area contributed by atoms with Gasteiger partial charge in [-0.05, 0) is 38.0 Å². The molecule has 0 spiro atoms. The molecule has 0 aliphatic heterocycles. The van der Waals surface area contributed by atoms with Crippen molar-refractivity contribution >= 4 is 23.5 Å². The van der Waals surface area contributed by atoms with E-state index in [0.29, 0.717) is 18.1 Å². The van der Waals surface area contributed by atoms with Gasteiger partial charge in [-0.15, -0.1) is 11.8 Å². The Morgan fingerprint density at radius 3 is 2.65 bits per heavy atom. The van der Waals surface area contributed by atoms with Crippen LogP contribution in [0.3, 0.4) is 0 Å². The number of carbonyl (C=O) groups excluding carboxylic acids is 2. The summed E-state index contributed by atoms with van der Waals surface area (Å²) in [6.07, 6.45) is 5.02. The normalized spacial score (nSPS) is 22.9. The number of hydrogen-bond donors (Lipinski definition) is 0. The third-order valence-electron chi connectivity index (χ3n) is 4.09. The first kappa shape index (κ1) is 17.3. The van der Waals surface area contributed by atoms with Crippen molar-refractivity contribution in [2.24, 2.45) is 11.3 Å². The van der Waals surface area contributed by atoms with Crippen LogP contribution in [-0.2, 0) is 14.3 Å². The molecular formula is C16H26O3S. The Kier molecular flexibility index (Phi) is 6.31. The minimum absolute atomic E-state index is 0.151. The molecule has 0 saturated carbocycles. The maximum atomic E-state index is 11.6. The fraction of sp³-hybridized carbons (Fsp3) is 0.750. The summed E-state index contributed by atoms with van der Waals surface area (Å²) in [4.78, 5) is 23.0. The van der Waals surface area contributed by atoms with E-state index in [4.69, 9.17) is 4.74 Å². The maximum absolute atomic E-state index is 11.6. The average molecular weight is 298 g/mol. The second-order valence-electron chi connectivity index (χ2n) is 6.28. The number of ketones is 1. The van der Waals surface area contributed by atoms with Crippen LogP contribution in [0.2, 0.25) is 0 Å². The number of carbonyl (C=O) groups is 2. The minimum atomic E-state index is -0.223. The fourth-order valence-electron chi connectivity index (χ4n) is 3.16. The van der Waals surface area contributed by atoms with E-state index < -0.39 is 0 Å². The number of Topliss-reactive ketones (excluding diaryl/α,β-unsaturated/α-hetero) is 1. The summed E-state index contributed by atoms with van der Waals surface area (Å²) in [7, 11) is 1.40. The average Bonchev–Trinajstić information content (AvgIpc) is 2.33. The van der Waals surface area contributed by atoms with E-state index in [-0.39, 0.29) is 22.4 Å². The molecule has 1 aliphatic carbocycles. The quantitative estimate of drug-likeness (QED) is 0.555. The number of allylic oxidation sites excluding steroid dienone is 2. The predicted octanol–water partition coefficient (Wildman–Crippen LogP) is 3.62. The zero-order chi connectivity index (χ0) is 15.3. The summed E-state index contributed by atoms with van der Waals surface area (Å²) in [5.41, 5.74) is 1.52. The lowest BCUT2D eigenvalue weighted by molar-refractivity contribution is -0.137. The molecule has 114 valence electrons. The number of rotatable bonds is 6. The van der Waals surface area contributed by atoms with Crippen LogP contribution < -0.4 is 0 Å². The van der Waals surface area contributed by atoms with E-state index in [1.54, 1.807) is 18.7 Å². The van der Waals surface area contributed by atoms with Gasteiger partial charge in [-0.1, -0.05) is 25.5 Å². The van der Waals surface area contributed by atoms with Crippen molar-refractivity contribution in [1.29, 1.82) is 0 Å². The Bertz CT molecular complexity index is 399. The van der Waals surface area contributed by atoms with Crippen LogP contribution in [0.4, 0.5) is 0 Å². The highest BCUT2D eigenvalue weighted by Gasteiger charge is 2.39. The molecule has 0 saturated heterocycles. The molecule has 0 N–H and O–H groups in total. The van der Waals surface area contributed by atoms with E-state index in [2.05, 4.69) is 26.8 Å². The van der Waals surface area contributed by atoms with Gasteiger partial charge in [0.1, 0.15) is 5.78 Å². The molecule has 20 heavy (non-hydrogen) atoms. The van der Waals surface area contributed by atoms with Crippen LogP contribution in [0.15, 0.2) is 11.6 Å². The van der Waals surface area contributed by atoms with Crippen LogP contribution >= 0.6 is 11.8 Å². The van der Waals surface area contributed by atoms with Crippen LogP contribution in [0, 0.1) is 11.3 Å². The van der Waals surface area contributed by atoms with Gasteiger partial charge in [-0.3, -0.25) is 9.59 Å². The van der Waals surface area contributed by atoms with Gasteiger partial charge in [-0.25, -0.2) is 0 Å². The van der Waals surface area contributed by atoms with Crippen LogP contribution in [-0.4, -0.2) is 29.9 Å². The first-order valence-corrected chi connectivity index (χ1v) is 8.17. The molecule has 0 radical (unpaired) electrons. The topological polar surface area (TPSA) is 43.4 Å². The van der Waals surface area contributed by atoms with Crippen molar-refractivity contribution in [2.75, 3.05) is 12.9 Å². The summed E-state index contributed by atoms with van der Waals surface area (Å²) in [6.45, 7) is 8.30. The third kappa shape index (κ3) is 4.65. The van der Waals surface area contributed by atoms with Gasteiger partial charge in [0, 0.05) is 11.7 Å². The lowest BCUT2D eigenvalue weighted by Gasteiger charge is -2.42. The summed E-state index contributed by atoms with van der Waals surface area (Å²) < 4.78 is 4.71. The summed E-state index contributed by atoms with van der Waals surface area (Å²) in [5.74, 6) is 0.615. The van der Waals surface area contributed by atoms with Crippen LogP contribution in [0.5, 0.6) is 0 Å². The lowest BCUT2D eigenvalue weighted by atomic mass is 9.66. The van der Waals surface area contributed by atoms with E-state index in [9.17, 15) is 9.59 Å². The predicted molar refractivity (Wildman–Crippen MR) is 83.8 cm³/mol. The second kappa shape index (κ2) is 7.30. The molecule has 0 aromatic rings. The van der Waals surface area contributed by atoms with E-state index in [0.717, 1.165) is 12.8 Å². The summed E-state index contributed by atoms with van der Waals surface area (Å²) >= 11 is 1.56. The highest BCUT2D eigenvalue weighted by molar-refractivity contribution is 8.00. The Labute approximate surface area is 126 Å². The van der Waals surface area contributed by atoms with Gasteiger partial charge in [0.25, 0.3) is 0 Å². The number of thioether (sulfide) groups is 1. The Hall–Kier alpha value is -0.770. The zero-order valence-corrected chi connectivity index (χ0v) is 14.0. The van der Waals surface area contributed by atoms with Gasteiger partial charge >= 0.3 is 5.97 Å². The van der Waals surface area contributed by atoms with Crippen molar-refractivity contribution in [2.45, 2.75) is 52.2 Å². The standard InChI is InChI=1S/C16H26O3S/c1-11-7-6-8-16(3,4)15(11)13(9-12(2)17)20-10-14(18)19-5/h7,13,15H,6,8-10H2,1-5H3. The molecule has 1 aliphatic rings. The van der Waals surface area contributed by atoms with Gasteiger partial charge in [0.2, 0.25) is 0 Å². The Balaban J connectivity index is 2.90. The molecule has 0 aromatic carbocycles. The van der Waals surface area contributed by atoms with Gasteiger partial charge in [0.15, 0.2) is 0 Å². The third-order valence-corrected chi connectivity index (χ3v) is 5.36. The largest absolute Gasteiger partial charge is 0.468 e. The number of hydrogen-bond acceptors (Lipinski definition) is 4. The van der Waals surface area contributed by atoms with Crippen molar-refractivity contribution in [3.05, 3.63) is 11.6 Å². The van der Waals surface area contributed by atoms with E-state index >= 15 is 0 Å². The zero-order valence-electron chi connectivity index (χ0n) is 13.2. The minimum Gasteiger partial charge on any atom is -0.468 e. The first-order valence-electron chi connectivity index (χ1n) is 7.12. The highest BCUT2D eigenvalue weighted by atomic mass is 32.2. The molecule has 4 heteroatoms. The lowest BCUT2D eigenvalue weighted by Crippen LogP contribution is -2.37. The Morgan fingerprint density at radius 1 is 1.50 bits per heavy atom. The molecule has 0 aromatic heterocycles. The monoisotopic (exact) mass is 298 g/mol.